The molecule has 0 spiro atoms. The van der Waals surface area contributed by atoms with Crippen LogP contribution in [0.15, 0.2) is 24.3 Å². The van der Waals surface area contributed by atoms with E-state index < -0.39 is 18.4 Å². The van der Waals surface area contributed by atoms with Crippen molar-refractivity contribution in [3.8, 4) is 5.75 Å². The molecule has 5 nitrogen and oxygen atoms in total. The molecule has 1 rings (SSSR count). The smallest absolute Gasteiger partial charge is 0.425 e. The minimum absolute atomic E-state index is 0.250. The number of ether oxygens (including phenoxy) is 3. The van der Waals surface area contributed by atoms with Crippen molar-refractivity contribution < 1.29 is 23.8 Å². The van der Waals surface area contributed by atoms with Gasteiger partial charge in [-0.3, -0.25) is 4.79 Å². The molecule has 19 heavy (non-hydrogen) atoms. The van der Waals surface area contributed by atoms with Gasteiger partial charge in [-0.25, -0.2) is 4.79 Å². The van der Waals surface area contributed by atoms with Crippen molar-refractivity contribution in [2.24, 2.45) is 5.92 Å². The van der Waals surface area contributed by atoms with Gasteiger partial charge < -0.3 is 14.2 Å². The summed E-state index contributed by atoms with van der Waals surface area (Å²) in [5.74, 6) is -0.502. The third-order valence-electron chi connectivity index (χ3n) is 2.01. The van der Waals surface area contributed by atoms with Crippen LogP contribution in [0.2, 0.25) is 5.02 Å². The van der Waals surface area contributed by atoms with Gasteiger partial charge in [-0.1, -0.05) is 31.5 Å². The lowest BCUT2D eigenvalue weighted by molar-refractivity contribution is -0.170. The predicted octanol–water partition coefficient (Wildman–Crippen LogP) is 3.40. The second kappa shape index (κ2) is 6.99. The van der Waals surface area contributed by atoms with Crippen LogP contribution in [-0.4, -0.2) is 18.4 Å². The molecule has 0 aliphatic heterocycles. The maximum absolute atomic E-state index is 11.4. The molecule has 0 amide bonds. The summed E-state index contributed by atoms with van der Waals surface area (Å²) >= 11 is 5.74. The van der Waals surface area contributed by atoms with E-state index >= 15 is 0 Å². The van der Waals surface area contributed by atoms with E-state index in [1.165, 1.54) is 13.0 Å². The zero-order valence-corrected chi connectivity index (χ0v) is 11.6. The van der Waals surface area contributed by atoms with Crippen LogP contribution in [0.3, 0.4) is 0 Å². The minimum Gasteiger partial charge on any atom is -0.425 e. The molecule has 0 bridgehead atoms. The summed E-state index contributed by atoms with van der Waals surface area (Å²) in [6, 6.07) is 6.30. The molecule has 0 heterocycles. The van der Waals surface area contributed by atoms with Crippen LogP contribution in [0.25, 0.3) is 0 Å². The molecule has 104 valence electrons. The largest absolute Gasteiger partial charge is 0.516 e. The molecule has 1 unspecified atom stereocenters. The molecule has 0 aliphatic carbocycles. The number of benzene rings is 1. The summed E-state index contributed by atoms with van der Waals surface area (Å²) in [5.41, 5.74) is 0. The summed E-state index contributed by atoms with van der Waals surface area (Å²) in [6.45, 7) is 4.79. The van der Waals surface area contributed by atoms with Gasteiger partial charge in [-0.15, -0.1) is 0 Å². The Bertz CT molecular complexity index is 458. The number of esters is 1. The van der Waals surface area contributed by atoms with Crippen LogP contribution in [-0.2, 0) is 14.3 Å². The minimum atomic E-state index is -1.01. The maximum atomic E-state index is 11.4. The monoisotopic (exact) mass is 286 g/mol. The van der Waals surface area contributed by atoms with Gasteiger partial charge in [0, 0.05) is 11.9 Å². The molecule has 0 aromatic heterocycles. The highest BCUT2D eigenvalue weighted by Gasteiger charge is 2.17. The first kappa shape index (κ1) is 15.3. The SMILES string of the molecule is CC(OC(=O)Oc1cccc(Cl)c1)OC(=O)C(C)C. The van der Waals surface area contributed by atoms with Crippen LogP contribution in [0, 0.1) is 5.92 Å². The zero-order chi connectivity index (χ0) is 14.4. The van der Waals surface area contributed by atoms with Gasteiger partial charge in [-0.2, -0.15) is 0 Å². The molecule has 1 aromatic rings. The first-order valence-electron chi connectivity index (χ1n) is 5.73. The Balaban J connectivity index is 2.45. The Morgan fingerprint density at radius 1 is 1.16 bits per heavy atom. The van der Waals surface area contributed by atoms with Crippen molar-refractivity contribution in [1.82, 2.24) is 0 Å². The summed E-state index contributed by atoms with van der Waals surface area (Å²) in [5, 5.41) is 0.435. The third-order valence-corrected chi connectivity index (χ3v) is 2.25. The van der Waals surface area contributed by atoms with Gasteiger partial charge in [0.1, 0.15) is 5.75 Å². The Labute approximate surface area is 116 Å². The van der Waals surface area contributed by atoms with Crippen LogP contribution < -0.4 is 4.74 Å². The lowest BCUT2D eigenvalue weighted by Gasteiger charge is -2.15. The van der Waals surface area contributed by atoms with E-state index in [2.05, 4.69) is 0 Å². The summed E-state index contributed by atoms with van der Waals surface area (Å²) < 4.78 is 14.5. The lowest BCUT2D eigenvalue weighted by atomic mass is 10.2. The number of hydrogen-bond acceptors (Lipinski definition) is 5. The molecule has 0 aliphatic rings. The normalized spacial score (nSPS) is 11.8. The molecule has 1 atom stereocenters. The quantitative estimate of drug-likeness (QED) is 0.482. The fourth-order valence-corrected chi connectivity index (χ4v) is 1.29. The average Bonchev–Trinajstić information content (AvgIpc) is 2.27. The molecule has 0 fully saturated rings. The fraction of sp³-hybridized carbons (Fsp3) is 0.385. The third kappa shape index (κ3) is 5.61. The second-order valence-corrected chi connectivity index (χ2v) is 4.52. The van der Waals surface area contributed by atoms with Gasteiger partial charge >= 0.3 is 12.1 Å². The standard InChI is InChI=1S/C13H15ClO5/c1-8(2)12(15)17-9(3)18-13(16)19-11-6-4-5-10(14)7-11/h4-9H,1-3H3. The van der Waals surface area contributed by atoms with E-state index in [9.17, 15) is 9.59 Å². The number of carbonyl (C=O) groups excluding carboxylic acids is 2. The van der Waals surface area contributed by atoms with Crippen LogP contribution in [0.4, 0.5) is 4.79 Å². The van der Waals surface area contributed by atoms with Crippen molar-refractivity contribution >= 4 is 23.7 Å². The zero-order valence-electron chi connectivity index (χ0n) is 10.9. The highest BCUT2D eigenvalue weighted by molar-refractivity contribution is 6.30. The van der Waals surface area contributed by atoms with Crippen molar-refractivity contribution in [2.45, 2.75) is 27.1 Å². The van der Waals surface area contributed by atoms with E-state index in [4.69, 9.17) is 25.8 Å². The van der Waals surface area contributed by atoms with Crippen LogP contribution in [0.1, 0.15) is 20.8 Å². The number of hydrogen-bond donors (Lipinski definition) is 0. The highest BCUT2D eigenvalue weighted by atomic mass is 35.5. The summed E-state index contributed by atoms with van der Waals surface area (Å²) in [7, 11) is 0. The average molecular weight is 287 g/mol. The van der Waals surface area contributed by atoms with Crippen molar-refractivity contribution in [3.63, 3.8) is 0 Å². The van der Waals surface area contributed by atoms with E-state index in [0.29, 0.717) is 5.02 Å². The van der Waals surface area contributed by atoms with Gasteiger partial charge in [0.15, 0.2) is 0 Å². The molecule has 6 heteroatoms. The van der Waals surface area contributed by atoms with Gasteiger partial charge in [0.25, 0.3) is 0 Å². The number of halogens is 1. The van der Waals surface area contributed by atoms with Crippen LogP contribution in [0.5, 0.6) is 5.75 Å². The van der Waals surface area contributed by atoms with Crippen LogP contribution >= 0.6 is 11.6 Å². The first-order valence-corrected chi connectivity index (χ1v) is 6.11. The topological polar surface area (TPSA) is 61.8 Å². The highest BCUT2D eigenvalue weighted by Crippen LogP contribution is 2.17. The Morgan fingerprint density at radius 3 is 2.42 bits per heavy atom. The van der Waals surface area contributed by atoms with Gasteiger partial charge in [-0.05, 0) is 18.2 Å². The Morgan fingerprint density at radius 2 is 1.84 bits per heavy atom. The molecular formula is C13H15ClO5. The predicted molar refractivity (Wildman–Crippen MR) is 69.0 cm³/mol. The fourth-order valence-electron chi connectivity index (χ4n) is 1.11. The summed E-state index contributed by atoms with van der Waals surface area (Å²) in [6.07, 6.45) is -1.98. The Kier molecular flexibility index (Phi) is 5.63. The molecule has 1 aromatic carbocycles. The summed E-state index contributed by atoms with van der Waals surface area (Å²) in [4.78, 5) is 22.7. The Hall–Kier alpha value is -1.75. The number of carbonyl (C=O) groups is 2. The lowest BCUT2D eigenvalue weighted by Crippen LogP contribution is -2.25. The molecular weight excluding hydrogens is 272 g/mol. The van der Waals surface area contributed by atoms with Gasteiger partial charge in [0.2, 0.25) is 6.29 Å². The van der Waals surface area contributed by atoms with Crippen molar-refractivity contribution in [1.29, 1.82) is 0 Å². The van der Waals surface area contributed by atoms with Crippen molar-refractivity contribution in [2.75, 3.05) is 0 Å². The van der Waals surface area contributed by atoms with Crippen molar-refractivity contribution in [3.05, 3.63) is 29.3 Å². The van der Waals surface area contributed by atoms with E-state index in [1.807, 2.05) is 0 Å². The van der Waals surface area contributed by atoms with Gasteiger partial charge in [0.05, 0.1) is 5.92 Å². The maximum Gasteiger partial charge on any atom is 0.516 e. The number of rotatable bonds is 4. The molecule has 0 saturated carbocycles. The van der Waals surface area contributed by atoms with E-state index in [1.54, 1.807) is 32.0 Å². The van der Waals surface area contributed by atoms with E-state index in [-0.39, 0.29) is 11.7 Å². The molecule has 0 radical (unpaired) electrons. The first-order chi connectivity index (χ1) is 8.88. The second-order valence-electron chi connectivity index (χ2n) is 4.09. The van der Waals surface area contributed by atoms with E-state index in [0.717, 1.165) is 0 Å². The molecule has 0 saturated heterocycles. The molecule has 0 N–H and O–H groups in total.